The maximum atomic E-state index is 9.00. The van der Waals surface area contributed by atoms with Crippen molar-refractivity contribution in [2.75, 3.05) is 27.7 Å². The average molecular weight is 247 g/mol. The van der Waals surface area contributed by atoms with Gasteiger partial charge < -0.3 is 15.0 Å². The molecule has 0 aliphatic carbocycles. The molecule has 0 aliphatic heterocycles. The number of nitrogens with one attached hydrogen (secondary N) is 1. The van der Waals surface area contributed by atoms with Gasteiger partial charge in [0.25, 0.3) is 0 Å². The number of nitriles is 1. The molecular weight excluding hydrogens is 226 g/mol. The summed E-state index contributed by atoms with van der Waals surface area (Å²) in [4.78, 5) is 2.17. The van der Waals surface area contributed by atoms with E-state index >= 15 is 0 Å². The van der Waals surface area contributed by atoms with Crippen LogP contribution in [0.3, 0.4) is 0 Å². The number of ether oxygens (including phenoxy) is 1. The second kappa shape index (κ2) is 7.00. The number of nitrogens with zero attached hydrogens (tertiary/aromatic N) is 2. The number of methoxy groups -OCH3 is 1. The van der Waals surface area contributed by atoms with Crippen LogP contribution in [0.5, 0.6) is 5.75 Å². The summed E-state index contributed by atoms with van der Waals surface area (Å²) in [5.74, 6) is 0.628. The van der Waals surface area contributed by atoms with E-state index in [1.807, 2.05) is 18.2 Å². The lowest BCUT2D eigenvalue weighted by Gasteiger charge is -2.20. The van der Waals surface area contributed by atoms with Crippen LogP contribution in [0, 0.1) is 11.3 Å². The van der Waals surface area contributed by atoms with Gasteiger partial charge in [0.05, 0.1) is 12.7 Å². The third-order valence-corrected chi connectivity index (χ3v) is 3.03. The second-order valence-electron chi connectivity index (χ2n) is 4.59. The van der Waals surface area contributed by atoms with Crippen LogP contribution in [0.15, 0.2) is 18.2 Å². The highest BCUT2D eigenvalue weighted by Crippen LogP contribution is 2.18. The molecule has 0 aromatic heterocycles. The van der Waals surface area contributed by atoms with Crippen molar-refractivity contribution in [2.24, 2.45) is 0 Å². The first kappa shape index (κ1) is 14.5. The monoisotopic (exact) mass is 247 g/mol. The Morgan fingerprint density at radius 3 is 2.72 bits per heavy atom. The van der Waals surface area contributed by atoms with E-state index in [1.165, 1.54) is 0 Å². The van der Waals surface area contributed by atoms with E-state index in [0.717, 1.165) is 18.7 Å². The summed E-state index contributed by atoms with van der Waals surface area (Å²) in [6.07, 6.45) is 0. The predicted octanol–water partition coefficient (Wildman–Crippen LogP) is 1.61. The Morgan fingerprint density at radius 1 is 1.44 bits per heavy atom. The highest BCUT2D eigenvalue weighted by atomic mass is 16.5. The van der Waals surface area contributed by atoms with E-state index in [-0.39, 0.29) is 0 Å². The summed E-state index contributed by atoms with van der Waals surface area (Å²) in [5.41, 5.74) is 1.68. The van der Waals surface area contributed by atoms with Gasteiger partial charge in [-0.15, -0.1) is 0 Å². The van der Waals surface area contributed by atoms with Gasteiger partial charge in [-0.05, 0) is 38.7 Å². The molecule has 18 heavy (non-hydrogen) atoms. The zero-order chi connectivity index (χ0) is 13.5. The van der Waals surface area contributed by atoms with Gasteiger partial charge in [-0.3, -0.25) is 0 Å². The first-order valence-corrected chi connectivity index (χ1v) is 6.02. The van der Waals surface area contributed by atoms with Crippen LogP contribution in [-0.2, 0) is 6.54 Å². The summed E-state index contributed by atoms with van der Waals surface area (Å²) in [6.45, 7) is 3.85. The molecule has 0 heterocycles. The second-order valence-corrected chi connectivity index (χ2v) is 4.59. The molecular formula is C14H21N3O. The predicted molar refractivity (Wildman–Crippen MR) is 72.6 cm³/mol. The minimum absolute atomic E-state index is 0.485. The molecule has 0 saturated heterocycles. The standard InChI is InChI=1S/C14H21N3O/c1-11(17(2)3)9-16-10-12-5-6-14(18-4)13(7-12)8-15/h5-7,11,16H,9-10H2,1-4H3. The molecule has 4 heteroatoms. The van der Waals surface area contributed by atoms with Gasteiger partial charge in [0.1, 0.15) is 11.8 Å². The Morgan fingerprint density at radius 2 is 2.17 bits per heavy atom. The van der Waals surface area contributed by atoms with Crippen LogP contribution >= 0.6 is 0 Å². The third-order valence-electron chi connectivity index (χ3n) is 3.03. The van der Waals surface area contributed by atoms with Gasteiger partial charge in [-0.25, -0.2) is 0 Å². The maximum absolute atomic E-state index is 9.00. The molecule has 1 aromatic carbocycles. The zero-order valence-electron chi connectivity index (χ0n) is 11.5. The molecule has 1 atom stereocenters. The van der Waals surface area contributed by atoms with Crippen molar-refractivity contribution in [3.05, 3.63) is 29.3 Å². The first-order valence-electron chi connectivity index (χ1n) is 6.02. The number of hydrogen-bond donors (Lipinski definition) is 1. The zero-order valence-corrected chi connectivity index (χ0v) is 11.5. The van der Waals surface area contributed by atoms with Gasteiger partial charge in [0.2, 0.25) is 0 Å². The van der Waals surface area contributed by atoms with E-state index in [4.69, 9.17) is 10.00 Å². The quantitative estimate of drug-likeness (QED) is 0.829. The smallest absolute Gasteiger partial charge is 0.136 e. The van der Waals surface area contributed by atoms with Gasteiger partial charge in [0, 0.05) is 19.1 Å². The van der Waals surface area contributed by atoms with Crippen molar-refractivity contribution in [1.82, 2.24) is 10.2 Å². The molecule has 4 nitrogen and oxygen atoms in total. The molecule has 98 valence electrons. The molecule has 0 fully saturated rings. The molecule has 0 radical (unpaired) electrons. The van der Waals surface area contributed by atoms with Crippen molar-refractivity contribution in [2.45, 2.75) is 19.5 Å². The van der Waals surface area contributed by atoms with E-state index in [0.29, 0.717) is 17.4 Å². The van der Waals surface area contributed by atoms with Crippen molar-refractivity contribution in [3.63, 3.8) is 0 Å². The summed E-state index contributed by atoms with van der Waals surface area (Å²) in [7, 11) is 5.70. The summed E-state index contributed by atoms with van der Waals surface area (Å²) in [5, 5.41) is 12.4. The third kappa shape index (κ3) is 4.02. The average Bonchev–Trinajstić information content (AvgIpc) is 2.38. The number of benzene rings is 1. The molecule has 1 rings (SSSR count). The van der Waals surface area contributed by atoms with Gasteiger partial charge in [-0.1, -0.05) is 6.07 Å². The fourth-order valence-electron chi connectivity index (χ4n) is 1.56. The largest absolute Gasteiger partial charge is 0.495 e. The van der Waals surface area contributed by atoms with E-state index in [2.05, 4.69) is 37.3 Å². The fraction of sp³-hybridized carbons (Fsp3) is 0.500. The van der Waals surface area contributed by atoms with Crippen LogP contribution in [0.4, 0.5) is 0 Å². The van der Waals surface area contributed by atoms with Crippen molar-refractivity contribution in [1.29, 1.82) is 5.26 Å². The van der Waals surface area contributed by atoms with Gasteiger partial charge in [-0.2, -0.15) is 5.26 Å². The molecule has 1 aromatic rings. The molecule has 1 N–H and O–H groups in total. The minimum Gasteiger partial charge on any atom is -0.495 e. The van der Waals surface area contributed by atoms with Crippen molar-refractivity contribution in [3.8, 4) is 11.8 Å². The highest BCUT2D eigenvalue weighted by Gasteiger charge is 2.05. The fourth-order valence-corrected chi connectivity index (χ4v) is 1.56. The van der Waals surface area contributed by atoms with Crippen molar-refractivity contribution < 1.29 is 4.74 Å². The SMILES string of the molecule is COc1ccc(CNCC(C)N(C)C)cc1C#N. The van der Waals surface area contributed by atoms with Crippen LogP contribution in [-0.4, -0.2) is 38.7 Å². The topological polar surface area (TPSA) is 48.3 Å². The number of rotatable bonds is 6. The number of hydrogen-bond acceptors (Lipinski definition) is 4. The van der Waals surface area contributed by atoms with E-state index < -0.39 is 0 Å². The Balaban J connectivity index is 2.56. The van der Waals surface area contributed by atoms with Gasteiger partial charge >= 0.3 is 0 Å². The van der Waals surface area contributed by atoms with Crippen LogP contribution in [0.25, 0.3) is 0 Å². The molecule has 0 bridgehead atoms. The minimum atomic E-state index is 0.485. The van der Waals surface area contributed by atoms with Crippen molar-refractivity contribution >= 4 is 0 Å². The van der Waals surface area contributed by atoms with E-state index in [9.17, 15) is 0 Å². The summed E-state index contributed by atoms with van der Waals surface area (Å²) in [6, 6.07) is 8.31. The molecule has 0 amide bonds. The maximum Gasteiger partial charge on any atom is 0.136 e. The Bertz CT molecular complexity index is 424. The van der Waals surface area contributed by atoms with Crippen LogP contribution < -0.4 is 10.1 Å². The Hall–Kier alpha value is -1.57. The highest BCUT2D eigenvalue weighted by molar-refractivity contribution is 5.45. The molecule has 0 spiro atoms. The normalized spacial score (nSPS) is 12.2. The van der Waals surface area contributed by atoms with Crippen LogP contribution in [0.1, 0.15) is 18.1 Å². The van der Waals surface area contributed by atoms with E-state index in [1.54, 1.807) is 7.11 Å². The number of likely N-dealkylation sites (N-methyl/N-ethyl adjacent to an activating group) is 1. The summed E-state index contributed by atoms with van der Waals surface area (Å²) >= 11 is 0. The first-order chi connectivity index (χ1) is 8.58. The lowest BCUT2D eigenvalue weighted by atomic mass is 10.1. The van der Waals surface area contributed by atoms with Gasteiger partial charge in [0.15, 0.2) is 0 Å². The summed E-state index contributed by atoms with van der Waals surface area (Å²) < 4.78 is 5.12. The molecule has 0 saturated carbocycles. The molecule has 1 unspecified atom stereocenters. The lowest BCUT2D eigenvalue weighted by molar-refractivity contribution is 0.302. The van der Waals surface area contributed by atoms with Crippen LogP contribution in [0.2, 0.25) is 0 Å². The Labute approximate surface area is 109 Å². The lowest BCUT2D eigenvalue weighted by Crippen LogP contribution is -2.35. The molecule has 0 aliphatic rings. The Kier molecular flexibility index (Phi) is 5.63.